The Morgan fingerprint density at radius 1 is 1.15 bits per heavy atom. The van der Waals surface area contributed by atoms with Crippen molar-refractivity contribution in [2.24, 2.45) is 16.8 Å². The number of aliphatic hydroxyl groups is 1. The molecule has 2 fully saturated rings. The number of nitrogens with zero attached hydrogens (tertiary/aromatic N) is 2. The number of hydrogen-bond donors (Lipinski definition) is 3. The Morgan fingerprint density at radius 3 is 2.41 bits per heavy atom. The van der Waals surface area contributed by atoms with E-state index in [4.69, 9.17) is 0 Å². The first-order chi connectivity index (χ1) is 12.4. The summed E-state index contributed by atoms with van der Waals surface area (Å²) in [4.78, 5) is 6.08. The molecule has 9 heteroatoms. The molecular formula is C18H34F3IN4O. The van der Waals surface area contributed by atoms with E-state index in [0.29, 0.717) is 25.6 Å². The van der Waals surface area contributed by atoms with E-state index in [9.17, 15) is 18.3 Å². The molecule has 1 saturated carbocycles. The zero-order valence-electron chi connectivity index (χ0n) is 16.1. The molecule has 0 radical (unpaired) electrons. The smallest absolute Gasteiger partial charge is 0.393 e. The van der Waals surface area contributed by atoms with E-state index < -0.39 is 12.7 Å². The Kier molecular flexibility index (Phi) is 11.3. The number of nitrogens with one attached hydrogen (secondary N) is 2. The molecule has 1 saturated heterocycles. The van der Waals surface area contributed by atoms with Gasteiger partial charge >= 0.3 is 6.18 Å². The van der Waals surface area contributed by atoms with E-state index in [2.05, 4.69) is 15.6 Å². The van der Waals surface area contributed by atoms with Gasteiger partial charge in [0.25, 0.3) is 0 Å². The van der Waals surface area contributed by atoms with Crippen LogP contribution in [0.4, 0.5) is 13.2 Å². The van der Waals surface area contributed by atoms with Crippen LogP contribution < -0.4 is 10.6 Å². The molecule has 2 unspecified atom stereocenters. The molecule has 0 aromatic rings. The van der Waals surface area contributed by atoms with Crippen LogP contribution in [0.25, 0.3) is 0 Å². The third kappa shape index (κ3) is 9.65. The maximum absolute atomic E-state index is 12.4. The third-order valence-corrected chi connectivity index (χ3v) is 5.40. The monoisotopic (exact) mass is 506 g/mol. The number of likely N-dealkylation sites (tertiary alicyclic amines) is 1. The number of aliphatic hydroxyl groups excluding tert-OH is 1. The summed E-state index contributed by atoms with van der Waals surface area (Å²) in [6, 6.07) is 0. The van der Waals surface area contributed by atoms with E-state index in [0.717, 1.165) is 57.6 Å². The van der Waals surface area contributed by atoms with Gasteiger partial charge in [0.1, 0.15) is 0 Å². The van der Waals surface area contributed by atoms with Gasteiger partial charge in [0.15, 0.2) is 5.96 Å². The number of alkyl halides is 3. The van der Waals surface area contributed by atoms with E-state index in [1.165, 1.54) is 4.90 Å². The lowest BCUT2D eigenvalue weighted by atomic mass is 9.93. The van der Waals surface area contributed by atoms with Gasteiger partial charge in [-0.1, -0.05) is 6.42 Å². The minimum atomic E-state index is -4.10. The summed E-state index contributed by atoms with van der Waals surface area (Å²) < 4.78 is 37.3. The largest absolute Gasteiger partial charge is 0.401 e. The van der Waals surface area contributed by atoms with Gasteiger partial charge in [-0.25, -0.2) is 0 Å². The van der Waals surface area contributed by atoms with Crippen LogP contribution in [0.5, 0.6) is 0 Å². The van der Waals surface area contributed by atoms with Crippen LogP contribution in [0.2, 0.25) is 0 Å². The van der Waals surface area contributed by atoms with Crippen molar-refractivity contribution in [2.45, 2.75) is 57.7 Å². The molecule has 5 nitrogen and oxygen atoms in total. The summed E-state index contributed by atoms with van der Waals surface area (Å²) in [6.45, 7) is 4.44. The zero-order valence-corrected chi connectivity index (χ0v) is 18.4. The van der Waals surface area contributed by atoms with Crippen molar-refractivity contribution in [1.29, 1.82) is 0 Å². The van der Waals surface area contributed by atoms with E-state index in [1.807, 2.05) is 6.92 Å². The average molecular weight is 506 g/mol. The molecule has 1 heterocycles. The Bertz CT molecular complexity index is 443. The van der Waals surface area contributed by atoms with Gasteiger partial charge in [-0.3, -0.25) is 9.89 Å². The van der Waals surface area contributed by atoms with Gasteiger partial charge in [0, 0.05) is 25.6 Å². The number of aliphatic imine (C=N–C) groups is 1. The Hall–Kier alpha value is -0.290. The molecule has 160 valence electrons. The standard InChI is InChI=1S/C18H33F3N4O.HI/c1-2-22-17(24-12-15-4-3-5-16(15)26)23-9-6-14-7-10-25(11-8-14)13-18(19,20)21;/h14-16,26H,2-13H2,1H3,(H2,22,23,24);1H. The van der Waals surface area contributed by atoms with Crippen molar-refractivity contribution >= 4 is 29.9 Å². The molecule has 0 amide bonds. The van der Waals surface area contributed by atoms with Gasteiger partial charge in [-0.15, -0.1) is 24.0 Å². The van der Waals surface area contributed by atoms with Crippen LogP contribution in [0.1, 0.15) is 45.4 Å². The molecule has 3 N–H and O–H groups in total. The summed E-state index contributed by atoms with van der Waals surface area (Å²) in [7, 11) is 0. The summed E-state index contributed by atoms with van der Waals surface area (Å²) in [5, 5.41) is 16.4. The van der Waals surface area contributed by atoms with Crippen molar-refractivity contribution in [3.05, 3.63) is 0 Å². The highest BCUT2D eigenvalue weighted by Gasteiger charge is 2.32. The molecule has 1 aliphatic carbocycles. The van der Waals surface area contributed by atoms with Crippen LogP contribution in [-0.4, -0.2) is 67.5 Å². The van der Waals surface area contributed by atoms with Gasteiger partial charge in [0.2, 0.25) is 0 Å². The van der Waals surface area contributed by atoms with Crippen molar-refractivity contribution < 1.29 is 18.3 Å². The predicted molar refractivity (Wildman–Crippen MR) is 113 cm³/mol. The quantitative estimate of drug-likeness (QED) is 0.283. The Balaban J connectivity index is 0.00000364. The van der Waals surface area contributed by atoms with Crippen LogP contribution >= 0.6 is 24.0 Å². The van der Waals surface area contributed by atoms with Crippen LogP contribution in [-0.2, 0) is 0 Å². The minimum Gasteiger partial charge on any atom is -0.393 e. The lowest BCUT2D eigenvalue weighted by Crippen LogP contribution is -2.41. The number of piperidine rings is 1. The number of rotatable bonds is 7. The van der Waals surface area contributed by atoms with Crippen LogP contribution in [0, 0.1) is 11.8 Å². The summed E-state index contributed by atoms with van der Waals surface area (Å²) >= 11 is 0. The number of halogens is 4. The van der Waals surface area contributed by atoms with Gasteiger partial charge in [0.05, 0.1) is 12.6 Å². The van der Waals surface area contributed by atoms with Gasteiger partial charge < -0.3 is 15.7 Å². The van der Waals surface area contributed by atoms with Gasteiger partial charge in [-0.05, 0) is 58.0 Å². The predicted octanol–water partition coefficient (Wildman–Crippen LogP) is 2.98. The molecule has 27 heavy (non-hydrogen) atoms. The van der Waals surface area contributed by atoms with Crippen molar-refractivity contribution in [1.82, 2.24) is 15.5 Å². The SMILES string of the molecule is CCNC(=NCC1CCCC1O)NCCC1CCN(CC(F)(F)F)CC1.I. The molecule has 2 aliphatic rings. The Labute approximate surface area is 177 Å². The van der Waals surface area contributed by atoms with E-state index >= 15 is 0 Å². The number of hydrogen-bond acceptors (Lipinski definition) is 3. The first-order valence-corrected chi connectivity index (χ1v) is 9.86. The zero-order chi connectivity index (χ0) is 19.0. The van der Waals surface area contributed by atoms with Crippen LogP contribution in [0.15, 0.2) is 4.99 Å². The minimum absolute atomic E-state index is 0. The summed E-state index contributed by atoms with van der Waals surface area (Å²) in [5.74, 6) is 1.48. The van der Waals surface area contributed by atoms with Crippen molar-refractivity contribution in [3.63, 3.8) is 0 Å². The highest BCUT2D eigenvalue weighted by atomic mass is 127. The molecule has 2 atom stereocenters. The molecule has 0 spiro atoms. The number of guanidine groups is 1. The molecule has 0 bridgehead atoms. The molecular weight excluding hydrogens is 472 g/mol. The lowest BCUT2D eigenvalue weighted by molar-refractivity contribution is -0.148. The van der Waals surface area contributed by atoms with E-state index in [-0.39, 0.29) is 36.0 Å². The maximum atomic E-state index is 12.4. The molecule has 1 aliphatic heterocycles. The fourth-order valence-electron chi connectivity index (χ4n) is 3.86. The highest BCUT2D eigenvalue weighted by Crippen LogP contribution is 2.26. The third-order valence-electron chi connectivity index (χ3n) is 5.40. The fraction of sp³-hybridized carbons (Fsp3) is 0.944. The van der Waals surface area contributed by atoms with E-state index in [1.54, 1.807) is 0 Å². The lowest BCUT2D eigenvalue weighted by Gasteiger charge is -2.32. The second-order valence-electron chi connectivity index (χ2n) is 7.53. The van der Waals surface area contributed by atoms with Crippen molar-refractivity contribution in [3.8, 4) is 0 Å². The maximum Gasteiger partial charge on any atom is 0.401 e. The first kappa shape index (κ1) is 24.7. The first-order valence-electron chi connectivity index (χ1n) is 9.86. The second kappa shape index (κ2) is 12.3. The van der Waals surface area contributed by atoms with Crippen molar-refractivity contribution in [2.75, 3.05) is 39.3 Å². The average Bonchev–Trinajstić information content (AvgIpc) is 2.98. The van der Waals surface area contributed by atoms with Crippen LogP contribution in [0.3, 0.4) is 0 Å². The summed E-state index contributed by atoms with van der Waals surface area (Å²) in [6.07, 6.45) is 1.22. The highest BCUT2D eigenvalue weighted by molar-refractivity contribution is 14.0. The normalized spacial score (nSPS) is 25.3. The molecule has 0 aromatic carbocycles. The molecule has 2 rings (SSSR count). The second-order valence-corrected chi connectivity index (χ2v) is 7.53. The van der Waals surface area contributed by atoms with Gasteiger partial charge in [-0.2, -0.15) is 13.2 Å². The summed E-state index contributed by atoms with van der Waals surface area (Å²) in [5.41, 5.74) is 0. The Morgan fingerprint density at radius 2 is 1.85 bits per heavy atom. The fourth-order valence-corrected chi connectivity index (χ4v) is 3.86. The molecule has 0 aromatic heterocycles. The topological polar surface area (TPSA) is 59.9 Å².